The second-order valence-corrected chi connectivity index (χ2v) is 10.9. The number of anilines is 1. The fraction of sp³-hybridized carbons (Fsp3) is 0.370. The van der Waals surface area contributed by atoms with Gasteiger partial charge in [-0.1, -0.05) is 37.5 Å². The van der Waals surface area contributed by atoms with Gasteiger partial charge in [0.25, 0.3) is 17.1 Å². The first-order chi connectivity index (χ1) is 17.4. The van der Waals surface area contributed by atoms with Crippen molar-refractivity contribution in [2.45, 2.75) is 39.0 Å². The molecule has 1 aliphatic heterocycles. The van der Waals surface area contributed by atoms with E-state index in [2.05, 4.69) is 27.9 Å². The number of nitrogens with zero attached hydrogens (tertiary/aromatic N) is 1. The Bertz CT molecular complexity index is 1150. The summed E-state index contributed by atoms with van der Waals surface area (Å²) in [7, 11) is 0. The Kier molecular flexibility index (Phi) is 9.30. The minimum atomic E-state index is -0.282. The number of imide groups is 1. The van der Waals surface area contributed by atoms with Crippen LogP contribution in [-0.4, -0.2) is 41.7 Å². The minimum absolute atomic E-state index is 0.176. The number of halogens is 1. The largest absolute Gasteiger partial charge is 0.490 e. The highest BCUT2D eigenvalue weighted by Gasteiger charge is 2.36. The summed E-state index contributed by atoms with van der Waals surface area (Å²) in [5, 5.41) is 2.58. The zero-order valence-corrected chi connectivity index (χ0v) is 23.1. The molecule has 1 saturated carbocycles. The Balaban J connectivity index is 1.46. The molecule has 2 aliphatic rings. The quantitative estimate of drug-likeness (QED) is 0.261. The Morgan fingerprint density at radius 3 is 2.61 bits per heavy atom. The van der Waals surface area contributed by atoms with Gasteiger partial charge in [-0.15, -0.1) is 0 Å². The molecule has 1 N–H and O–H groups in total. The molecule has 0 spiro atoms. The zero-order chi connectivity index (χ0) is 25.5. The summed E-state index contributed by atoms with van der Waals surface area (Å²) in [6, 6.07) is 12.8. The van der Waals surface area contributed by atoms with E-state index >= 15 is 0 Å². The summed E-state index contributed by atoms with van der Waals surface area (Å²) in [4.78, 5) is 39.7. The number of carbonyl (C=O) groups excluding carboxylic acids is 3. The molecule has 2 aromatic carbocycles. The van der Waals surface area contributed by atoms with Gasteiger partial charge in [-0.2, -0.15) is 0 Å². The molecule has 9 heteroatoms. The molecule has 190 valence electrons. The lowest BCUT2D eigenvalue weighted by Gasteiger charge is -2.25. The van der Waals surface area contributed by atoms with E-state index in [1.165, 1.54) is 11.3 Å². The van der Waals surface area contributed by atoms with Crippen molar-refractivity contribution in [1.82, 2.24) is 4.90 Å². The standard InChI is InChI=1S/C27H29IN2O5S/c1-2-34-22-14-19(13-21(28)25(22)35-17-24(31)29-20-11-7-4-8-12-20)15-23-26(32)30(27(33)36-23)16-18-9-5-3-6-10-18/h4,7-8,11-15,18H,2-3,5-6,9-10,16-17H2,1H3,(H,29,31)/b23-15+. The third kappa shape index (κ3) is 6.82. The number of para-hydroxylation sites is 1. The topological polar surface area (TPSA) is 84.9 Å². The Labute approximate surface area is 229 Å². The van der Waals surface area contributed by atoms with E-state index in [1.54, 1.807) is 24.3 Å². The van der Waals surface area contributed by atoms with Gasteiger partial charge in [0, 0.05) is 12.2 Å². The Morgan fingerprint density at radius 1 is 1.14 bits per heavy atom. The van der Waals surface area contributed by atoms with Gasteiger partial charge >= 0.3 is 0 Å². The van der Waals surface area contributed by atoms with E-state index < -0.39 is 0 Å². The molecule has 36 heavy (non-hydrogen) atoms. The molecule has 0 bridgehead atoms. The summed E-state index contributed by atoms with van der Waals surface area (Å²) >= 11 is 3.10. The molecular weight excluding hydrogens is 591 g/mol. The summed E-state index contributed by atoms with van der Waals surface area (Å²) in [6.07, 6.45) is 7.43. The fourth-order valence-electron chi connectivity index (χ4n) is 4.37. The smallest absolute Gasteiger partial charge is 0.293 e. The number of thioether (sulfide) groups is 1. The van der Waals surface area contributed by atoms with Gasteiger partial charge in [-0.3, -0.25) is 19.3 Å². The molecule has 0 unspecified atom stereocenters. The highest BCUT2D eigenvalue weighted by molar-refractivity contribution is 14.1. The first-order valence-electron chi connectivity index (χ1n) is 12.1. The summed E-state index contributed by atoms with van der Waals surface area (Å²) in [5.74, 6) is 0.817. The lowest BCUT2D eigenvalue weighted by Crippen LogP contribution is -2.34. The van der Waals surface area contributed by atoms with E-state index in [4.69, 9.17) is 9.47 Å². The number of amides is 3. The minimum Gasteiger partial charge on any atom is -0.490 e. The van der Waals surface area contributed by atoms with Crippen LogP contribution in [0.5, 0.6) is 11.5 Å². The Hall–Kier alpha value is -2.53. The van der Waals surface area contributed by atoms with E-state index in [-0.39, 0.29) is 23.7 Å². The number of ether oxygens (including phenoxy) is 2. The molecule has 1 aliphatic carbocycles. The first kappa shape index (κ1) is 26.5. The average molecular weight is 621 g/mol. The van der Waals surface area contributed by atoms with Crippen LogP contribution in [0.1, 0.15) is 44.6 Å². The number of hydrogen-bond donors (Lipinski definition) is 1. The third-order valence-corrected chi connectivity index (χ3v) is 7.78. The normalized spacial score (nSPS) is 17.5. The molecule has 0 atom stereocenters. The zero-order valence-electron chi connectivity index (χ0n) is 20.1. The van der Waals surface area contributed by atoms with Crippen molar-refractivity contribution in [3.05, 3.63) is 56.5 Å². The van der Waals surface area contributed by atoms with Crippen LogP contribution in [0.3, 0.4) is 0 Å². The predicted molar refractivity (Wildman–Crippen MR) is 150 cm³/mol. The van der Waals surface area contributed by atoms with Crippen molar-refractivity contribution in [2.24, 2.45) is 5.92 Å². The van der Waals surface area contributed by atoms with Crippen molar-refractivity contribution in [2.75, 3.05) is 25.1 Å². The molecule has 2 aromatic rings. The maximum absolute atomic E-state index is 13.0. The molecular formula is C27H29IN2O5S. The van der Waals surface area contributed by atoms with Crippen LogP contribution in [0.2, 0.25) is 0 Å². The second-order valence-electron chi connectivity index (χ2n) is 8.76. The maximum atomic E-state index is 13.0. The van der Waals surface area contributed by atoms with E-state index in [9.17, 15) is 14.4 Å². The third-order valence-electron chi connectivity index (χ3n) is 6.07. The van der Waals surface area contributed by atoms with Gasteiger partial charge in [0.15, 0.2) is 18.1 Å². The summed E-state index contributed by atoms with van der Waals surface area (Å²) < 4.78 is 12.3. The van der Waals surface area contributed by atoms with E-state index in [0.717, 1.165) is 46.6 Å². The van der Waals surface area contributed by atoms with Gasteiger partial charge in [0.2, 0.25) is 0 Å². The van der Waals surface area contributed by atoms with Crippen molar-refractivity contribution in [1.29, 1.82) is 0 Å². The van der Waals surface area contributed by atoms with Gasteiger partial charge in [-0.05, 0) is 95.9 Å². The number of carbonyl (C=O) groups is 3. The molecule has 2 fully saturated rings. The molecule has 4 rings (SSSR count). The lowest BCUT2D eigenvalue weighted by molar-refractivity contribution is -0.123. The molecule has 1 heterocycles. The molecule has 0 radical (unpaired) electrons. The number of benzene rings is 2. The van der Waals surface area contributed by atoms with Gasteiger partial charge in [0.1, 0.15) is 0 Å². The van der Waals surface area contributed by atoms with Crippen molar-refractivity contribution >= 4 is 63.2 Å². The Morgan fingerprint density at radius 2 is 1.89 bits per heavy atom. The molecule has 0 aromatic heterocycles. The van der Waals surface area contributed by atoms with Gasteiger partial charge in [-0.25, -0.2) is 0 Å². The number of hydrogen-bond acceptors (Lipinski definition) is 6. The van der Waals surface area contributed by atoms with Crippen LogP contribution in [-0.2, 0) is 9.59 Å². The SMILES string of the molecule is CCOc1cc(/C=C2/SC(=O)N(CC3CCCCC3)C2=O)cc(I)c1OCC(=O)Nc1ccccc1. The molecule has 7 nitrogen and oxygen atoms in total. The predicted octanol–water partition coefficient (Wildman–Crippen LogP) is 6.32. The molecule has 3 amide bonds. The van der Waals surface area contributed by atoms with E-state index in [1.807, 2.05) is 31.2 Å². The van der Waals surface area contributed by atoms with Crippen LogP contribution in [0.4, 0.5) is 10.5 Å². The highest BCUT2D eigenvalue weighted by Crippen LogP contribution is 2.38. The van der Waals surface area contributed by atoms with Crippen LogP contribution < -0.4 is 14.8 Å². The second kappa shape index (κ2) is 12.6. The number of rotatable bonds is 9. The monoisotopic (exact) mass is 620 g/mol. The fourth-order valence-corrected chi connectivity index (χ4v) is 6.00. The van der Waals surface area contributed by atoms with Crippen LogP contribution in [0.15, 0.2) is 47.4 Å². The molecule has 1 saturated heterocycles. The van der Waals surface area contributed by atoms with Crippen molar-refractivity contribution in [3.63, 3.8) is 0 Å². The van der Waals surface area contributed by atoms with E-state index in [0.29, 0.717) is 41.2 Å². The van der Waals surface area contributed by atoms with Crippen LogP contribution >= 0.6 is 34.4 Å². The maximum Gasteiger partial charge on any atom is 0.293 e. The van der Waals surface area contributed by atoms with Gasteiger partial charge < -0.3 is 14.8 Å². The summed E-state index contributed by atoms with van der Waals surface area (Å²) in [5.41, 5.74) is 1.42. The van der Waals surface area contributed by atoms with Crippen LogP contribution in [0.25, 0.3) is 6.08 Å². The van der Waals surface area contributed by atoms with Crippen LogP contribution in [0, 0.1) is 9.49 Å². The highest BCUT2D eigenvalue weighted by atomic mass is 127. The van der Waals surface area contributed by atoms with Crippen molar-refractivity contribution in [3.8, 4) is 11.5 Å². The van der Waals surface area contributed by atoms with Crippen molar-refractivity contribution < 1.29 is 23.9 Å². The average Bonchev–Trinajstić information content (AvgIpc) is 3.12. The summed E-state index contributed by atoms with van der Waals surface area (Å²) in [6.45, 7) is 2.60. The lowest BCUT2D eigenvalue weighted by atomic mass is 9.89. The number of nitrogens with one attached hydrogen (secondary N) is 1. The van der Waals surface area contributed by atoms with Gasteiger partial charge in [0.05, 0.1) is 15.1 Å². The first-order valence-corrected chi connectivity index (χ1v) is 14.0.